The Labute approximate surface area is 227 Å². The molecule has 2 aromatic heterocycles. The molecule has 0 unspecified atom stereocenters. The van der Waals surface area contributed by atoms with Crippen molar-refractivity contribution in [2.24, 2.45) is 4.99 Å². The predicted molar refractivity (Wildman–Crippen MR) is 153 cm³/mol. The van der Waals surface area contributed by atoms with Gasteiger partial charge in [0, 0.05) is 47.2 Å². The lowest BCUT2D eigenvalue weighted by Gasteiger charge is -2.10. The molecule has 0 spiro atoms. The number of carbonyl (C=O) groups is 1. The number of hydrogen-bond donors (Lipinski definition) is 3. The fraction of sp³-hybridized carbons (Fsp3) is 0.241. The van der Waals surface area contributed by atoms with Gasteiger partial charge in [0.1, 0.15) is 5.75 Å². The van der Waals surface area contributed by atoms with Crippen LogP contribution in [-0.2, 0) is 11.2 Å². The molecule has 0 radical (unpaired) electrons. The normalized spacial score (nSPS) is 11.6. The first-order chi connectivity index (χ1) is 18.9. The van der Waals surface area contributed by atoms with Gasteiger partial charge in [-0.1, -0.05) is 6.07 Å². The Hall–Kier alpha value is -4.86. The zero-order valence-corrected chi connectivity index (χ0v) is 22.7. The second-order valence-corrected chi connectivity index (χ2v) is 8.74. The highest BCUT2D eigenvalue weighted by Gasteiger charge is 2.10. The van der Waals surface area contributed by atoms with Crippen LogP contribution in [0.4, 0.5) is 5.95 Å². The fourth-order valence-corrected chi connectivity index (χ4v) is 4.07. The number of aliphatic imine (C=N–C) groups is 1. The number of aromatic amines is 1. The van der Waals surface area contributed by atoms with Gasteiger partial charge in [0.25, 0.3) is 5.91 Å². The van der Waals surface area contributed by atoms with Gasteiger partial charge in [0.05, 0.1) is 21.3 Å². The van der Waals surface area contributed by atoms with Gasteiger partial charge in [-0.3, -0.25) is 20.4 Å². The topological polar surface area (TPSA) is 123 Å². The minimum atomic E-state index is -0.361. The fourth-order valence-electron chi connectivity index (χ4n) is 4.07. The quantitative estimate of drug-likeness (QED) is 0.167. The Morgan fingerprint density at radius 2 is 1.74 bits per heavy atom. The Kier molecular flexibility index (Phi) is 8.78. The number of aromatic nitrogens is 3. The van der Waals surface area contributed by atoms with Crippen molar-refractivity contribution >= 4 is 34.8 Å². The minimum Gasteiger partial charge on any atom is -0.497 e. The third-order valence-corrected chi connectivity index (χ3v) is 5.91. The van der Waals surface area contributed by atoms with Crippen LogP contribution < -0.4 is 24.8 Å². The highest BCUT2D eigenvalue weighted by molar-refractivity contribution is 6.08. The summed E-state index contributed by atoms with van der Waals surface area (Å²) in [7, 11) is 4.78. The lowest BCUT2D eigenvalue weighted by Crippen LogP contribution is -2.35. The smallest absolute Gasteiger partial charge is 0.250 e. The average molecular weight is 529 g/mol. The van der Waals surface area contributed by atoms with Crippen LogP contribution in [0.25, 0.3) is 17.0 Å². The summed E-state index contributed by atoms with van der Waals surface area (Å²) in [6.45, 7) is 4.19. The molecule has 4 aromatic rings. The van der Waals surface area contributed by atoms with Gasteiger partial charge in [-0.15, -0.1) is 0 Å². The van der Waals surface area contributed by atoms with Crippen molar-refractivity contribution in [1.29, 1.82) is 0 Å². The van der Waals surface area contributed by atoms with E-state index in [-0.39, 0.29) is 11.9 Å². The van der Waals surface area contributed by atoms with Gasteiger partial charge in [0.15, 0.2) is 11.5 Å². The monoisotopic (exact) mass is 528 g/mol. The van der Waals surface area contributed by atoms with Crippen molar-refractivity contribution in [2.75, 3.05) is 33.2 Å². The third kappa shape index (κ3) is 7.13. The van der Waals surface area contributed by atoms with Gasteiger partial charge in [-0.25, -0.2) is 9.97 Å². The standard InChI is InChI=1S/C29H32N6O4/c1-18-14-19(2)33-29(32-18)35-28(30-13-12-21-17-31-24-16-22(37-3)8-9-23(21)24)34-27(36)11-7-20-6-10-25(38-4)26(15-20)39-5/h6-11,14-17,31H,12-13H2,1-5H3,(H2,30,32,33,34,35,36). The van der Waals surface area contributed by atoms with E-state index in [1.807, 2.05) is 50.4 Å². The Bertz CT molecular complexity index is 1510. The number of nitrogens with zero attached hydrogens (tertiary/aromatic N) is 3. The van der Waals surface area contributed by atoms with E-state index in [1.54, 1.807) is 39.5 Å². The summed E-state index contributed by atoms with van der Waals surface area (Å²) in [6.07, 6.45) is 5.73. The SMILES string of the molecule is COc1ccc2c(CCN=C(NC(=O)C=Cc3ccc(OC)c(OC)c3)Nc3nc(C)cc(C)n3)c[nH]c2c1. The van der Waals surface area contributed by atoms with Crippen molar-refractivity contribution in [3.63, 3.8) is 0 Å². The van der Waals surface area contributed by atoms with E-state index in [2.05, 4.69) is 30.6 Å². The first-order valence-corrected chi connectivity index (χ1v) is 12.4. The Balaban J connectivity index is 1.50. The largest absolute Gasteiger partial charge is 0.497 e. The summed E-state index contributed by atoms with van der Waals surface area (Å²) in [5, 5.41) is 6.96. The molecule has 0 aliphatic carbocycles. The van der Waals surface area contributed by atoms with Gasteiger partial charge in [-0.2, -0.15) is 0 Å². The molecule has 10 nitrogen and oxygen atoms in total. The number of ether oxygens (including phenoxy) is 3. The molecule has 0 atom stereocenters. The summed E-state index contributed by atoms with van der Waals surface area (Å²) in [5.74, 6) is 2.22. The average Bonchev–Trinajstić information content (AvgIpc) is 3.33. The van der Waals surface area contributed by atoms with Crippen LogP contribution in [0.1, 0.15) is 22.5 Å². The molecule has 2 heterocycles. The second-order valence-electron chi connectivity index (χ2n) is 8.74. The summed E-state index contributed by atoms with van der Waals surface area (Å²) < 4.78 is 15.9. The van der Waals surface area contributed by atoms with Crippen molar-refractivity contribution < 1.29 is 19.0 Å². The lowest BCUT2D eigenvalue weighted by molar-refractivity contribution is -0.115. The van der Waals surface area contributed by atoms with Crippen molar-refractivity contribution in [3.05, 3.63) is 77.3 Å². The molecule has 0 saturated carbocycles. The molecule has 0 fully saturated rings. The number of nitrogens with one attached hydrogen (secondary N) is 3. The number of aryl methyl sites for hydroxylation is 2. The second kappa shape index (κ2) is 12.6. The van der Waals surface area contributed by atoms with Crippen LogP contribution in [0, 0.1) is 13.8 Å². The summed E-state index contributed by atoms with van der Waals surface area (Å²) in [4.78, 5) is 29.5. The summed E-state index contributed by atoms with van der Waals surface area (Å²) in [5.41, 5.74) is 4.49. The molecule has 10 heteroatoms. The van der Waals surface area contributed by atoms with E-state index < -0.39 is 0 Å². The van der Waals surface area contributed by atoms with Crippen LogP contribution >= 0.6 is 0 Å². The predicted octanol–water partition coefficient (Wildman–Crippen LogP) is 4.44. The number of carbonyl (C=O) groups excluding carboxylic acids is 1. The number of hydrogen-bond acceptors (Lipinski definition) is 7. The van der Waals surface area contributed by atoms with Crippen molar-refractivity contribution in [1.82, 2.24) is 20.3 Å². The van der Waals surface area contributed by atoms with Crippen LogP contribution in [0.5, 0.6) is 17.2 Å². The highest BCUT2D eigenvalue weighted by Crippen LogP contribution is 2.28. The van der Waals surface area contributed by atoms with E-state index >= 15 is 0 Å². The van der Waals surface area contributed by atoms with E-state index in [0.29, 0.717) is 30.4 Å². The molecule has 202 valence electrons. The maximum absolute atomic E-state index is 12.8. The molecular weight excluding hydrogens is 496 g/mol. The lowest BCUT2D eigenvalue weighted by atomic mass is 10.1. The van der Waals surface area contributed by atoms with E-state index in [4.69, 9.17) is 14.2 Å². The Morgan fingerprint density at radius 3 is 2.46 bits per heavy atom. The van der Waals surface area contributed by atoms with Gasteiger partial charge in [-0.05, 0) is 67.8 Å². The van der Waals surface area contributed by atoms with Crippen molar-refractivity contribution in [2.45, 2.75) is 20.3 Å². The number of benzene rings is 2. The molecule has 0 aliphatic rings. The molecule has 0 aliphatic heterocycles. The maximum atomic E-state index is 12.8. The first kappa shape index (κ1) is 27.2. The summed E-state index contributed by atoms with van der Waals surface area (Å²) >= 11 is 0. The number of H-pyrrole nitrogens is 1. The number of rotatable bonds is 9. The zero-order valence-electron chi connectivity index (χ0n) is 22.7. The van der Waals surface area contributed by atoms with Crippen LogP contribution in [-0.4, -0.2) is 54.7 Å². The number of guanidine groups is 1. The van der Waals surface area contributed by atoms with Gasteiger partial charge in [0.2, 0.25) is 11.9 Å². The number of anilines is 1. The van der Waals surface area contributed by atoms with Gasteiger partial charge >= 0.3 is 0 Å². The van der Waals surface area contributed by atoms with Gasteiger partial charge < -0.3 is 19.2 Å². The van der Waals surface area contributed by atoms with E-state index in [9.17, 15) is 4.79 Å². The molecule has 0 saturated heterocycles. The molecule has 3 N–H and O–H groups in total. The molecule has 39 heavy (non-hydrogen) atoms. The molecular formula is C29H32N6O4. The molecule has 4 rings (SSSR count). The number of fused-ring (bicyclic) bond motifs is 1. The van der Waals surface area contributed by atoms with E-state index in [0.717, 1.165) is 39.2 Å². The van der Waals surface area contributed by atoms with Crippen LogP contribution in [0.15, 0.2) is 59.7 Å². The first-order valence-electron chi connectivity index (χ1n) is 12.4. The molecule has 0 bridgehead atoms. The molecule has 2 aromatic carbocycles. The number of methoxy groups -OCH3 is 3. The Morgan fingerprint density at radius 1 is 0.974 bits per heavy atom. The van der Waals surface area contributed by atoms with Crippen LogP contribution in [0.2, 0.25) is 0 Å². The third-order valence-electron chi connectivity index (χ3n) is 5.91. The van der Waals surface area contributed by atoms with Crippen molar-refractivity contribution in [3.8, 4) is 17.2 Å². The molecule has 1 amide bonds. The minimum absolute atomic E-state index is 0.253. The van der Waals surface area contributed by atoms with Crippen LogP contribution in [0.3, 0.4) is 0 Å². The number of amides is 1. The summed E-state index contributed by atoms with van der Waals surface area (Å²) in [6, 6.07) is 13.2. The zero-order chi connectivity index (χ0) is 27.8. The highest BCUT2D eigenvalue weighted by atomic mass is 16.5. The van der Waals surface area contributed by atoms with E-state index in [1.165, 1.54) is 6.08 Å². The maximum Gasteiger partial charge on any atom is 0.250 e.